The maximum absolute atomic E-state index is 13.2. The second-order valence-electron chi connectivity index (χ2n) is 6.46. The lowest BCUT2D eigenvalue weighted by molar-refractivity contribution is -0.139. The van der Waals surface area contributed by atoms with E-state index in [0.29, 0.717) is 4.99 Å². The molecule has 0 radical (unpaired) electrons. The monoisotopic (exact) mass is 313 g/mol. The maximum Gasteiger partial charge on any atom is 0.235 e. The molecule has 21 heavy (non-hydrogen) atoms. The van der Waals surface area contributed by atoms with Crippen LogP contribution in [0.15, 0.2) is 0 Å². The van der Waals surface area contributed by atoms with Crippen LogP contribution >= 0.6 is 12.2 Å². The van der Waals surface area contributed by atoms with Crippen molar-refractivity contribution in [3.8, 4) is 0 Å². The molecular weight excluding hydrogens is 282 g/mol. The van der Waals surface area contributed by atoms with Gasteiger partial charge >= 0.3 is 0 Å². The number of nitrogens with two attached hydrogens (primary N) is 1. The molecule has 1 aliphatic carbocycles. The number of nitrogens with zero attached hydrogens (tertiary/aromatic N) is 2. The molecular formula is C16H31N3OS. The smallest absolute Gasteiger partial charge is 0.235 e. The Hall–Kier alpha value is -0.680. The van der Waals surface area contributed by atoms with Gasteiger partial charge in [0.05, 0.1) is 10.4 Å². The van der Waals surface area contributed by atoms with Crippen molar-refractivity contribution in [2.45, 2.75) is 51.9 Å². The number of amides is 1. The van der Waals surface area contributed by atoms with E-state index in [1.165, 1.54) is 12.8 Å². The number of hydrogen-bond donors (Lipinski definition) is 1. The van der Waals surface area contributed by atoms with Gasteiger partial charge in [-0.1, -0.05) is 44.8 Å². The van der Waals surface area contributed by atoms with Crippen LogP contribution < -0.4 is 5.73 Å². The van der Waals surface area contributed by atoms with Crippen molar-refractivity contribution < 1.29 is 4.79 Å². The Morgan fingerprint density at radius 2 is 1.67 bits per heavy atom. The first-order chi connectivity index (χ1) is 9.94. The molecule has 0 aromatic heterocycles. The third-order valence-corrected chi connectivity index (χ3v) is 4.83. The van der Waals surface area contributed by atoms with Crippen molar-refractivity contribution in [2.75, 3.05) is 33.7 Å². The van der Waals surface area contributed by atoms with Crippen molar-refractivity contribution in [1.29, 1.82) is 0 Å². The van der Waals surface area contributed by atoms with E-state index >= 15 is 0 Å². The number of rotatable bonds is 7. The van der Waals surface area contributed by atoms with Gasteiger partial charge in [0.25, 0.3) is 0 Å². The SMILES string of the molecule is CCCN(CCN(C)C)C(=O)C1(C(N)=S)CCCCCC1. The van der Waals surface area contributed by atoms with Crippen molar-refractivity contribution in [3.05, 3.63) is 0 Å². The fourth-order valence-corrected chi connectivity index (χ4v) is 3.40. The van der Waals surface area contributed by atoms with Crippen LogP contribution in [0.4, 0.5) is 0 Å². The highest BCUT2D eigenvalue weighted by Gasteiger charge is 2.43. The number of carbonyl (C=O) groups excluding carboxylic acids is 1. The zero-order valence-electron chi connectivity index (χ0n) is 13.9. The zero-order valence-corrected chi connectivity index (χ0v) is 14.7. The molecule has 0 spiro atoms. The molecule has 0 unspecified atom stereocenters. The lowest BCUT2D eigenvalue weighted by Crippen LogP contribution is -2.52. The predicted molar refractivity (Wildman–Crippen MR) is 92.3 cm³/mol. The summed E-state index contributed by atoms with van der Waals surface area (Å²) in [6.07, 6.45) is 7.08. The van der Waals surface area contributed by atoms with Gasteiger partial charge in [0.15, 0.2) is 0 Å². The van der Waals surface area contributed by atoms with Crippen molar-refractivity contribution in [2.24, 2.45) is 11.1 Å². The second kappa shape index (κ2) is 8.69. The van der Waals surface area contributed by atoms with Crippen LogP contribution in [0.25, 0.3) is 0 Å². The van der Waals surface area contributed by atoms with Crippen molar-refractivity contribution in [1.82, 2.24) is 9.80 Å². The van der Waals surface area contributed by atoms with Crippen LogP contribution in [0.5, 0.6) is 0 Å². The standard InChI is InChI=1S/C16H31N3OS/c1-4-11-19(13-12-18(2)3)15(20)16(14(17)21)9-7-5-6-8-10-16/h4-13H2,1-3H3,(H2,17,21). The summed E-state index contributed by atoms with van der Waals surface area (Å²) in [6, 6.07) is 0. The van der Waals surface area contributed by atoms with Crippen molar-refractivity contribution >= 4 is 23.1 Å². The first-order valence-corrected chi connectivity index (χ1v) is 8.59. The Balaban J connectivity index is 2.91. The lowest BCUT2D eigenvalue weighted by Gasteiger charge is -2.36. The summed E-state index contributed by atoms with van der Waals surface area (Å²) in [6.45, 7) is 4.52. The molecule has 0 saturated heterocycles. The van der Waals surface area contributed by atoms with E-state index in [1.54, 1.807) is 0 Å². The Bertz CT molecular complexity index is 349. The van der Waals surface area contributed by atoms with Gasteiger partial charge in [0.1, 0.15) is 0 Å². The van der Waals surface area contributed by atoms with E-state index in [2.05, 4.69) is 11.8 Å². The van der Waals surface area contributed by atoms with E-state index in [-0.39, 0.29) is 5.91 Å². The van der Waals surface area contributed by atoms with Gasteiger partial charge in [0, 0.05) is 19.6 Å². The minimum absolute atomic E-state index is 0.167. The highest BCUT2D eigenvalue weighted by Crippen LogP contribution is 2.37. The van der Waals surface area contributed by atoms with E-state index in [4.69, 9.17) is 18.0 Å². The highest BCUT2D eigenvalue weighted by molar-refractivity contribution is 7.80. The average molecular weight is 314 g/mol. The van der Waals surface area contributed by atoms with Crippen LogP contribution in [0, 0.1) is 5.41 Å². The normalized spacial score (nSPS) is 18.3. The molecule has 0 atom stereocenters. The minimum atomic E-state index is -0.590. The van der Waals surface area contributed by atoms with Gasteiger partial charge in [0.2, 0.25) is 5.91 Å². The van der Waals surface area contributed by atoms with Gasteiger partial charge in [-0.05, 0) is 33.4 Å². The molecule has 1 fully saturated rings. The second-order valence-corrected chi connectivity index (χ2v) is 6.90. The maximum atomic E-state index is 13.2. The third kappa shape index (κ3) is 4.92. The van der Waals surface area contributed by atoms with Crippen LogP contribution in [-0.4, -0.2) is 54.4 Å². The Kier molecular flexibility index (Phi) is 7.60. The molecule has 1 aliphatic rings. The number of carbonyl (C=O) groups is 1. The molecule has 0 heterocycles. The van der Waals surface area contributed by atoms with E-state index < -0.39 is 5.41 Å². The summed E-state index contributed by atoms with van der Waals surface area (Å²) in [7, 11) is 4.06. The van der Waals surface area contributed by atoms with E-state index in [0.717, 1.165) is 51.7 Å². The fourth-order valence-electron chi connectivity index (χ4n) is 3.11. The molecule has 5 heteroatoms. The van der Waals surface area contributed by atoms with Gasteiger partial charge in [-0.15, -0.1) is 0 Å². The first-order valence-electron chi connectivity index (χ1n) is 8.18. The molecule has 4 nitrogen and oxygen atoms in total. The highest BCUT2D eigenvalue weighted by atomic mass is 32.1. The molecule has 1 amide bonds. The minimum Gasteiger partial charge on any atom is -0.392 e. The summed E-state index contributed by atoms with van der Waals surface area (Å²) in [4.78, 5) is 17.6. The summed E-state index contributed by atoms with van der Waals surface area (Å²) >= 11 is 5.32. The number of thiocarbonyl (C=S) groups is 1. The first kappa shape index (κ1) is 18.4. The number of hydrogen-bond acceptors (Lipinski definition) is 3. The van der Waals surface area contributed by atoms with Gasteiger partial charge in [-0.3, -0.25) is 4.79 Å². The topological polar surface area (TPSA) is 49.6 Å². The fraction of sp³-hybridized carbons (Fsp3) is 0.875. The molecule has 1 rings (SSSR count). The predicted octanol–water partition coefficient (Wildman–Crippen LogP) is 2.41. The summed E-state index contributed by atoms with van der Waals surface area (Å²) in [5.74, 6) is 0.167. The van der Waals surface area contributed by atoms with Crippen LogP contribution in [0.2, 0.25) is 0 Å². The summed E-state index contributed by atoms with van der Waals surface area (Å²) in [5.41, 5.74) is 5.45. The van der Waals surface area contributed by atoms with Crippen molar-refractivity contribution in [3.63, 3.8) is 0 Å². The Morgan fingerprint density at radius 3 is 2.10 bits per heavy atom. The van der Waals surface area contributed by atoms with Gasteiger partial charge in [-0.25, -0.2) is 0 Å². The van der Waals surface area contributed by atoms with E-state index in [9.17, 15) is 4.79 Å². The lowest BCUT2D eigenvalue weighted by atomic mass is 9.78. The molecule has 0 bridgehead atoms. The Labute approximate surface area is 135 Å². The number of likely N-dealkylation sites (N-methyl/N-ethyl adjacent to an activating group) is 1. The molecule has 0 aliphatic heterocycles. The zero-order chi connectivity index (χ0) is 15.9. The van der Waals surface area contributed by atoms with Crippen LogP contribution in [0.3, 0.4) is 0 Å². The van der Waals surface area contributed by atoms with Gasteiger partial charge in [-0.2, -0.15) is 0 Å². The average Bonchev–Trinajstić information content (AvgIpc) is 2.69. The molecule has 122 valence electrons. The Morgan fingerprint density at radius 1 is 1.10 bits per heavy atom. The quantitative estimate of drug-likeness (QED) is 0.579. The summed E-state index contributed by atoms with van der Waals surface area (Å²) in [5, 5.41) is 0. The molecule has 0 aromatic rings. The van der Waals surface area contributed by atoms with Crippen LogP contribution in [0.1, 0.15) is 51.9 Å². The molecule has 2 N–H and O–H groups in total. The largest absolute Gasteiger partial charge is 0.392 e. The van der Waals surface area contributed by atoms with Crippen LogP contribution in [-0.2, 0) is 4.79 Å². The summed E-state index contributed by atoms with van der Waals surface area (Å²) < 4.78 is 0. The van der Waals surface area contributed by atoms with Gasteiger partial charge < -0.3 is 15.5 Å². The van der Waals surface area contributed by atoms with E-state index in [1.807, 2.05) is 19.0 Å². The molecule has 0 aromatic carbocycles. The third-order valence-electron chi connectivity index (χ3n) is 4.44. The molecule has 1 saturated carbocycles.